The van der Waals surface area contributed by atoms with Crippen molar-refractivity contribution in [3.05, 3.63) is 23.8 Å². The monoisotopic (exact) mass is 232 g/mol. The third-order valence-electron chi connectivity index (χ3n) is 2.87. The van der Waals surface area contributed by atoms with Gasteiger partial charge in [-0.1, -0.05) is 17.6 Å². The number of benzene rings is 1. The van der Waals surface area contributed by atoms with E-state index >= 15 is 0 Å². The van der Waals surface area contributed by atoms with E-state index in [1.807, 2.05) is 18.2 Å². The van der Waals surface area contributed by atoms with Gasteiger partial charge in [-0.15, -0.1) is 0 Å². The Bertz CT molecular complexity index is 362. The second kappa shape index (κ2) is 6.08. The van der Waals surface area contributed by atoms with Gasteiger partial charge < -0.3 is 14.2 Å². The summed E-state index contributed by atoms with van der Waals surface area (Å²) in [6.45, 7) is 1.33. The van der Waals surface area contributed by atoms with Gasteiger partial charge in [-0.2, -0.15) is 0 Å². The van der Waals surface area contributed by atoms with Crippen molar-refractivity contribution >= 4 is 13.3 Å². The zero-order chi connectivity index (χ0) is 12.1. The quantitative estimate of drug-likeness (QED) is 0.737. The van der Waals surface area contributed by atoms with Crippen LogP contribution in [0.4, 0.5) is 0 Å². The van der Waals surface area contributed by atoms with Crippen molar-refractivity contribution in [3.8, 4) is 5.75 Å². The molecule has 1 aromatic carbocycles. The Morgan fingerprint density at radius 3 is 3.00 bits per heavy atom. The molecule has 17 heavy (non-hydrogen) atoms. The maximum atomic E-state index is 5.75. The summed E-state index contributed by atoms with van der Waals surface area (Å²) in [5.41, 5.74) is 1.69. The average Bonchev–Trinajstić information content (AvgIpc) is 2.39. The molecule has 2 rings (SSSR count). The molecule has 1 saturated heterocycles. The molecular weight excluding hydrogens is 215 g/mol. The summed E-state index contributed by atoms with van der Waals surface area (Å²) in [6, 6.07) is 5.68. The molecule has 1 fully saturated rings. The first-order chi connectivity index (χ1) is 8.29. The third kappa shape index (κ3) is 3.48. The first-order valence-corrected chi connectivity index (χ1v) is 5.95. The third-order valence-corrected chi connectivity index (χ3v) is 2.87. The van der Waals surface area contributed by atoms with Gasteiger partial charge in [0.2, 0.25) is 0 Å². The number of rotatable bonds is 4. The van der Waals surface area contributed by atoms with Gasteiger partial charge in [-0.25, -0.2) is 0 Å². The minimum atomic E-state index is -0.0627. The fourth-order valence-corrected chi connectivity index (χ4v) is 1.88. The standard InChI is InChI=1S/C13H17BO3/c1-15-12-8-10(5-6-11(12)14)9-17-13-4-2-3-7-16-13/h5-6,8,13H,2-4,7,9H2,1H3. The lowest BCUT2D eigenvalue weighted by molar-refractivity contribution is -0.168. The molecule has 0 aromatic heterocycles. The van der Waals surface area contributed by atoms with Crippen LogP contribution in [0.1, 0.15) is 24.8 Å². The lowest BCUT2D eigenvalue weighted by Gasteiger charge is -2.22. The zero-order valence-electron chi connectivity index (χ0n) is 10.1. The van der Waals surface area contributed by atoms with E-state index in [2.05, 4.69) is 0 Å². The molecule has 0 spiro atoms. The number of methoxy groups -OCH3 is 1. The number of hydrogen-bond donors (Lipinski definition) is 0. The van der Waals surface area contributed by atoms with Crippen LogP contribution in [0, 0.1) is 0 Å². The van der Waals surface area contributed by atoms with E-state index in [1.165, 1.54) is 6.42 Å². The molecule has 90 valence electrons. The lowest BCUT2D eigenvalue weighted by atomic mass is 9.94. The predicted octanol–water partition coefficient (Wildman–Crippen LogP) is 1.53. The summed E-state index contributed by atoms with van der Waals surface area (Å²) in [7, 11) is 7.36. The highest BCUT2D eigenvalue weighted by Gasteiger charge is 2.14. The van der Waals surface area contributed by atoms with E-state index in [9.17, 15) is 0 Å². The summed E-state index contributed by atoms with van der Waals surface area (Å²) in [4.78, 5) is 0. The van der Waals surface area contributed by atoms with Crippen molar-refractivity contribution < 1.29 is 14.2 Å². The highest BCUT2D eigenvalue weighted by atomic mass is 16.7. The molecule has 1 atom stereocenters. The van der Waals surface area contributed by atoms with E-state index in [1.54, 1.807) is 7.11 Å². The van der Waals surface area contributed by atoms with Crippen molar-refractivity contribution in [1.82, 2.24) is 0 Å². The Labute approximate surface area is 103 Å². The molecule has 3 nitrogen and oxygen atoms in total. The van der Waals surface area contributed by atoms with Gasteiger partial charge in [0.1, 0.15) is 13.6 Å². The van der Waals surface area contributed by atoms with Crippen molar-refractivity contribution in [3.63, 3.8) is 0 Å². The van der Waals surface area contributed by atoms with Crippen molar-refractivity contribution in [2.45, 2.75) is 32.2 Å². The van der Waals surface area contributed by atoms with Crippen molar-refractivity contribution in [1.29, 1.82) is 0 Å². The Morgan fingerprint density at radius 1 is 1.41 bits per heavy atom. The smallest absolute Gasteiger partial charge is 0.158 e. The maximum Gasteiger partial charge on any atom is 0.158 e. The van der Waals surface area contributed by atoms with Gasteiger partial charge in [0.15, 0.2) is 6.29 Å². The zero-order valence-corrected chi connectivity index (χ0v) is 10.1. The topological polar surface area (TPSA) is 27.7 Å². The number of ether oxygens (including phenoxy) is 3. The van der Waals surface area contributed by atoms with Crippen LogP contribution in [0.3, 0.4) is 0 Å². The summed E-state index contributed by atoms with van der Waals surface area (Å²) >= 11 is 0. The van der Waals surface area contributed by atoms with Gasteiger partial charge >= 0.3 is 0 Å². The molecule has 0 N–H and O–H groups in total. The van der Waals surface area contributed by atoms with Crippen molar-refractivity contribution in [2.75, 3.05) is 13.7 Å². The summed E-state index contributed by atoms with van der Waals surface area (Å²) < 4.78 is 16.4. The van der Waals surface area contributed by atoms with E-state index in [0.717, 1.165) is 25.0 Å². The van der Waals surface area contributed by atoms with Crippen LogP contribution in [-0.2, 0) is 16.1 Å². The summed E-state index contributed by atoms with van der Waals surface area (Å²) in [6.07, 6.45) is 3.23. The summed E-state index contributed by atoms with van der Waals surface area (Å²) in [5, 5.41) is 0. The van der Waals surface area contributed by atoms with E-state index in [0.29, 0.717) is 17.8 Å². The minimum Gasteiger partial charge on any atom is -0.497 e. The second-order valence-electron chi connectivity index (χ2n) is 4.18. The predicted molar refractivity (Wildman–Crippen MR) is 66.8 cm³/mol. The maximum absolute atomic E-state index is 5.75. The van der Waals surface area contributed by atoms with Gasteiger partial charge in [0.25, 0.3) is 0 Å². The van der Waals surface area contributed by atoms with Gasteiger partial charge in [0.05, 0.1) is 13.7 Å². The van der Waals surface area contributed by atoms with Crippen LogP contribution in [0.25, 0.3) is 0 Å². The van der Waals surface area contributed by atoms with Crippen molar-refractivity contribution in [2.24, 2.45) is 0 Å². The average molecular weight is 232 g/mol. The normalized spacial score (nSPS) is 20.2. The Morgan fingerprint density at radius 2 is 2.29 bits per heavy atom. The fourth-order valence-electron chi connectivity index (χ4n) is 1.88. The SMILES string of the molecule is [B]c1ccc(COC2CCCCO2)cc1OC. The van der Waals surface area contributed by atoms with Crippen LogP contribution in [0.15, 0.2) is 18.2 Å². The van der Waals surface area contributed by atoms with Crippen LogP contribution in [0.5, 0.6) is 5.75 Å². The first-order valence-electron chi connectivity index (χ1n) is 5.95. The van der Waals surface area contributed by atoms with E-state index < -0.39 is 0 Å². The lowest BCUT2D eigenvalue weighted by Crippen LogP contribution is -2.22. The molecule has 1 unspecified atom stereocenters. The summed E-state index contributed by atoms with van der Waals surface area (Å²) in [5.74, 6) is 0.690. The Hall–Kier alpha value is -0.995. The molecule has 0 saturated carbocycles. The van der Waals surface area contributed by atoms with Crippen LogP contribution >= 0.6 is 0 Å². The molecule has 0 amide bonds. The van der Waals surface area contributed by atoms with Gasteiger partial charge in [-0.05, 0) is 30.9 Å². The molecule has 1 aliphatic rings. The van der Waals surface area contributed by atoms with Crippen LogP contribution < -0.4 is 10.2 Å². The molecule has 0 aliphatic carbocycles. The van der Waals surface area contributed by atoms with Crippen LogP contribution in [-0.4, -0.2) is 27.9 Å². The Balaban J connectivity index is 1.89. The van der Waals surface area contributed by atoms with E-state index in [-0.39, 0.29) is 6.29 Å². The minimum absolute atomic E-state index is 0.0627. The Kier molecular flexibility index (Phi) is 4.46. The second-order valence-corrected chi connectivity index (χ2v) is 4.18. The highest BCUT2D eigenvalue weighted by molar-refractivity contribution is 6.34. The van der Waals surface area contributed by atoms with E-state index in [4.69, 9.17) is 22.1 Å². The van der Waals surface area contributed by atoms with Gasteiger partial charge in [-0.3, -0.25) is 0 Å². The molecule has 1 aliphatic heterocycles. The van der Waals surface area contributed by atoms with Gasteiger partial charge in [0, 0.05) is 6.61 Å². The van der Waals surface area contributed by atoms with Crippen LogP contribution in [0.2, 0.25) is 0 Å². The first kappa shape index (κ1) is 12.5. The highest BCUT2D eigenvalue weighted by Crippen LogP contribution is 2.17. The largest absolute Gasteiger partial charge is 0.497 e. The molecule has 1 aromatic rings. The molecule has 0 bridgehead atoms. The molecule has 2 radical (unpaired) electrons. The fraction of sp³-hybridized carbons (Fsp3) is 0.538. The molecular formula is C13H17BO3. The number of hydrogen-bond acceptors (Lipinski definition) is 3. The molecule has 4 heteroatoms. The molecule has 1 heterocycles.